The second-order valence-corrected chi connectivity index (χ2v) is 6.03. The van der Waals surface area contributed by atoms with Gasteiger partial charge in [0, 0.05) is 4.88 Å². The summed E-state index contributed by atoms with van der Waals surface area (Å²) in [6, 6.07) is 2.09. The summed E-state index contributed by atoms with van der Waals surface area (Å²) in [6.07, 6.45) is 0.935. The molecule has 0 radical (unpaired) electrons. The highest BCUT2D eigenvalue weighted by Gasteiger charge is 2.16. The Morgan fingerprint density at radius 1 is 1.44 bits per heavy atom. The monoisotopic (exact) mass is 300 g/mol. The first-order valence-corrected chi connectivity index (χ1v) is 6.90. The highest BCUT2D eigenvalue weighted by molar-refractivity contribution is 9.09. The van der Waals surface area contributed by atoms with Crippen LogP contribution in [0.2, 0.25) is 0 Å². The van der Waals surface area contributed by atoms with Crippen LogP contribution < -0.4 is 0 Å². The van der Waals surface area contributed by atoms with Crippen molar-refractivity contribution in [3.63, 3.8) is 0 Å². The molecule has 0 bridgehead atoms. The highest BCUT2D eigenvalue weighted by Crippen LogP contribution is 2.32. The number of aromatic nitrogens is 2. The first kappa shape index (κ1) is 11.8. The minimum atomic E-state index is 0.149. The zero-order valence-electron chi connectivity index (χ0n) is 9.45. The van der Waals surface area contributed by atoms with Crippen LogP contribution in [0, 0.1) is 13.8 Å². The predicted molar refractivity (Wildman–Crippen MR) is 69.0 cm³/mol. The molecule has 2 heterocycles. The van der Waals surface area contributed by atoms with Crippen molar-refractivity contribution in [3.05, 3.63) is 22.4 Å². The van der Waals surface area contributed by atoms with Crippen molar-refractivity contribution < 1.29 is 4.42 Å². The van der Waals surface area contributed by atoms with Crippen LogP contribution in [0.25, 0.3) is 10.8 Å². The van der Waals surface area contributed by atoms with E-state index in [1.54, 1.807) is 11.3 Å². The van der Waals surface area contributed by atoms with Gasteiger partial charge in [0.1, 0.15) is 0 Å². The Balaban J connectivity index is 2.31. The summed E-state index contributed by atoms with van der Waals surface area (Å²) >= 11 is 5.19. The van der Waals surface area contributed by atoms with Gasteiger partial charge in [0.25, 0.3) is 5.89 Å². The molecule has 1 unspecified atom stereocenters. The Hall–Kier alpha value is -0.680. The van der Waals surface area contributed by atoms with E-state index >= 15 is 0 Å². The molecule has 0 aliphatic rings. The SMILES string of the molecule is CCC(Br)c1nnc(-c2cc(C)c(C)s2)o1. The minimum absolute atomic E-state index is 0.149. The van der Waals surface area contributed by atoms with Crippen LogP contribution in [0.15, 0.2) is 10.5 Å². The number of hydrogen-bond donors (Lipinski definition) is 0. The molecule has 0 saturated carbocycles. The molecule has 0 saturated heterocycles. The van der Waals surface area contributed by atoms with E-state index in [4.69, 9.17) is 4.42 Å². The first-order chi connectivity index (χ1) is 7.61. The van der Waals surface area contributed by atoms with Gasteiger partial charge in [-0.15, -0.1) is 21.5 Å². The maximum Gasteiger partial charge on any atom is 0.257 e. The van der Waals surface area contributed by atoms with Crippen LogP contribution in [0.1, 0.15) is 34.5 Å². The number of rotatable bonds is 3. The van der Waals surface area contributed by atoms with E-state index < -0.39 is 0 Å². The summed E-state index contributed by atoms with van der Waals surface area (Å²) in [5.74, 6) is 1.27. The standard InChI is InChI=1S/C11H13BrN2OS/c1-4-8(12)10-13-14-11(15-10)9-5-6(2)7(3)16-9/h5,8H,4H2,1-3H3. The number of alkyl halides is 1. The maximum atomic E-state index is 5.63. The third-order valence-corrected chi connectivity index (χ3v) is 4.62. The molecule has 5 heteroatoms. The van der Waals surface area contributed by atoms with E-state index in [0.717, 1.165) is 11.3 Å². The number of nitrogens with zero attached hydrogens (tertiary/aromatic N) is 2. The van der Waals surface area contributed by atoms with E-state index in [0.29, 0.717) is 11.8 Å². The van der Waals surface area contributed by atoms with Crippen LogP contribution >= 0.6 is 27.3 Å². The van der Waals surface area contributed by atoms with Gasteiger partial charge in [-0.2, -0.15) is 0 Å². The van der Waals surface area contributed by atoms with Crippen molar-refractivity contribution in [1.29, 1.82) is 0 Å². The fourth-order valence-corrected chi connectivity index (χ4v) is 2.45. The van der Waals surface area contributed by atoms with E-state index in [2.05, 4.69) is 53.0 Å². The second kappa shape index (κ2) is 4.67. The van der Waals surface area contributed by atoms with Crippen molar-refractivity contribution in [1.82, 2.24) is 10.2 Å². The number of halogens is 1. The lowest BCUT2D eigenvalue weighted by atomic mass is 10.3. The summed E-state index contributed by atoms with van der Waals surface area (Å²) in [5.41, 5.74) is 1.27. The van der Waals surface area contributed by atoms with Gasteiger partial charge < -0.3 is 4.42 Å². The zero-order valence-corrected chi connectivity index (χ0v) is 11.9. The lowest BCUT2D eigenvalue weighted by Gasteiger charge is -1.97. The summed E-state index contributed by atoms with van der Waals surface area (Å²) in [5, 5.41) is 8.12. The van der Waals surface area contributed by atoms with Crippen molar-refractivity contribution in [3.8, 4) is 10.8 Å². The van der Waals surface area contributed by atoms with Gasteiger partial charge in [0.15, 0.2) is 0 Å². The molecule has 2 aromatic rings. The topological polar surface area (TPSA) is 38.9 Å². The summed E-state index contributed by atoms with van der Waals surface area (Å²) < 4.78 is 5.63. The van der Waals surface area contributed by atoms with Crippen molar-refractivity contribution in [2.45, 2.75) is 32.0 Å². The molecule has 0 aliphatic heterocycles. The van der Waals surface area contributed by atoms with Gasteiger partial charge >= 0.3 is 0 Å². The fraction of sp³-hybridized carbons (Fsp3) is 0.455. The Morgan fingerprint density at radius 2 is 2.19 bits per heavy atom. The van der Waals surface area contributed by atoms with Gasteiger partial charge in [-0.05, 0) is 31.9 Å². The van der Waals surface area contributed by atoms with E-state index in [1.165, 1.54) is 10.4 Å². The second-order valence-electron chi connectivity index (χ2n) is 3.67. The van der Waals surface area contributed by atoms with Gasteiger partial charge in [0.2, 0.25) is 5.89 Å². The molecule has 0 aliphatic carbocycles. The molecule has 3 nitrogen and oxygen atoms in total. The lowest BCUT2D eigenvalue weighted by Crippen LogP contribution is -1.86. The number of thiophene rings is 1. The summed E-state index contributed by atoms with van der Waals surface area (Å²) in [7, 11) is 0. The predicted octanol–water partition coefficient (Wildman–Crippen LogP) is 4.26. The van der Waals surface area contributed by atoms with E-state index in [1.807, 2.05) is 0 Å². The van der Waals surface area contributed by atoms with Crippen molar-refractivity contribution in [2.75, 3.05) is 0 Å². The normalized spacial score (nSPS) is 13.0. The molecule has 0 aromatic carbocycles. The van der Waals surface area contributed by atoms with Crippen molar-refractivity contribution >= 4 is 27.3 Å². The third-order valence-electron chi connectivity index (χ3n) is 2.44. The highest BCUT2D eigenvalue weighted by atomic mass is 79.9. The zero-order chi connectivity index (χ0) is 11.7. The van der Waals surface area contributed by atoms with Crippen molar-refractivity contribution in [2.24, 2.45) is 0 Å². The summed E-state index contributed by atoms with van der Waals surface area (Å²) in [4.78, 5) is 2.49. The Kier molecular flexibility index (Phi) is 3.44. The van der Waals surface area contributed by atoms with Gasteiger partial charge in [-0.3, -0.25) is 0 Å². The van der Waals surface area contributed by atoms with Crippen LogP contribution in [0.4, 0.5) is 0 Å². The molecule has 2 aromatic heterocycles. The molecule has 0 amide bonds. The average Bonchev–Trinajstić information content (AvgIpc) is 2.86. The molecule has 0 N–H and O–H groups in total. The number of hydrogen-bond acceptors (Lipinski definition) is 4. The van der Waals surface area contributed by atoms with Gasteiger partial charge in [-0.25, -0.2) is 0 Å². The Morgan fingerprint density at radius 3 is 2.75 bits per heavy atom. The maximum absolute atomic E-state index is 5.63. The largest absolute Gasteiger partial charge is 0.419 e. The van der Waals surface area contributed by atoms with Crippen LogP contribution in [0.3, 0.4) is 0 Å². The summed E-state index contributed by atoms with van der Waals surface area (Å²) in [6.45, 7) is 6.26. The van der Waals surface area contributed by atoms with Gasteiger partial charge in [0.05, 0.1) is 9.70 Å². The molecule has 1 atom stereocenters. The van der Waals surface area contributed by atoms with Crippen LogP contribution in [-0.2, 0) is 0 Å². The fourth-order valence-electron chi connectivity index (χ4n) is 1.31. The molecule has 2 rings (SSSR count). The molecule has 16 heavy (non-hydrogen) atoms. The minimum Gasteiger partial charge on any atom is -0.419 e. The smallest absolute Gasteiger partial charge is 0.257 e. The average molecular weight is 301 g/mol. The molecular weight excluding hydrogens is 288 g/mol. The number of aryl methyl sites for hydroxylation is 2. The van der Waals surface area contributed by atoms with E-state index in [9.17, 15) is 0 Å². The van der Waals surface area contributed by atoms with Gasteiger partial charge in [-0.1, -0.05) is 22.9 Å². The van der Waals surface area contributed by atoms with Crippen LogP contribution in [-0.4, -0.2) is 10.2 Å². The molecule has 0 spiro atoms. The van der Waals surface area contributed by atoms with Crippen LogP contribution in [0.5, 0.6) is 0 Å². The molecular formula is C11H13BrN2OS. The lowest BCUT2D eigenvalue weighted by molar-refractivity contribution is 0.501. The quantitative estimate of drug-likeness (QED) is 0.795. The first-order valence-electron chi connectivity index (χ1n) is 5.16. The van der Waals surface area contributed by atoms with E-state index in [-0.39, 0.29) is 4.83 Å². The molecule has 0 fully saturated rings. The Bertz CT molecular complexity index is 472. The molecule has 86 valence electrons. The third kappa shape index (κ3) is 2.20. The Labute approximate surface area is 107 Å².